The number of anilines is 1. The van der Waals surface area contributed by atoms with E-state index in [1.54, 1.807) is 24.3 Å². The number of carbonyl (C=O) groups excluding carboxylic acids is 1. The predicted molar refractivity (Wildman–Crippen MR) is 82.6 cm³/mol. The van der Waals surface area contributed by atoms with Gasteiger partial charge in [-0.3, -0.25) is 9.69 Å². The summed E-state index contributed by atoms with van der Waals surface area (Å²) in [6, 6.07) is 9.28. The molecule has 1 saturated heterocycles. The maximum atomic E-state index is 12.2. The standard InChI is InChI=1S/C16H22N4O/c1-12-4-3-7-20(15(12)10-18)11-16(21)19-14-6-2-5-13(8-14)9-17/h2,5-6,8,12,15H,3-4,7,10-11,18H2,1H3,(H,19,21). The van der Waals surface area contributed by atoms with Gasteiger partial charge < -0.3 is 11.1 Å². The van der Waals surface area contributed by atoms with E-state index in [1.807, 2.05) is 0 Å². The van der Waals surface area contributed by atoms with Crippen LogP contribution in [0, 0.1) is 17.2 Å². The Morgan fingerprint density at radius 3 is 3.10 bits per heavy atom. The van der Waals surface area contributed by atoms with Gasteiger partial charge >= 0.3 is 0 Å². The molecule has 1 fully saturated rings. The maximum Gasteiger partial charge on any atom is 0.238 e. The molecular weight excluding hydrogens is 264 g/mol. The Kier molecular flexibility index (Phi) is 5.32. The van der Waals surface area contributed by atoms with Crippen LogP contribution in [0.5, 0.6) is 0 Å². The number of nitrogens with two attached hydrogens (primary N) is 1. The molecule has 0 spiro atoms. The first kappa shape index (κ1) is 15.5. The van der Waals surface area contributed by atoms with Crippen LogP contribution < -0.4 is 11.1 Å². The molecule has 21 heavy (non-hydrogen) atoms. The molecule has 5 heteroatoms. The Bertz CT molecular complexity index is 537. The first-order valence-corrected chi connectivity index (χ1v) is 7.38. The van der Waals surface area contributed by atoms with Gasteiger partial charge in [-0.2, -0.15) is 5.26 Å². The minimum atomic E-state index is -0.0577. The Morgan fingerprint density at radius 1 is 1.57 bits per heavy atom. The van der Waals surface area contributed by atoms with Crippen molar-refractivity contribution in [3.8, 4) is 6.07 Å². The highest BCUT2D eigenvalue weighted by molar-refractivity contribution is 5.92. The molecule has 1 amide bonds. The number of rotatable bonds is 4. The number of nitrogens with zero attached hydrogens (tertiary/aromatic N) is 2. The summed E-state index contributed by atoms with van der Waals surface area (Å²) >= 11 is 0. The number of piperidine rings is 1. The molecule has 1 aromatic rings. The highest BCUT2D eigenvalue weighted by Gasteiger charge is 2.28. The molecule has 1 aliphatic rings. The highest BCUT2D eigenvalue weighted by Crippen LogP contribution is 2.22. The molecule has 1 aliphatic heterocycles. The lowest BCUT2D eigenvalue weighted by Gasteiger charge is -2.38. The Labute approximate surface area is 125 Å². The monoisotopic (exact) mass is 286 g/mol. The normalized spacial score (nSPS) is 22.5. The van der Waals surface area contributed by atoms with Crippen molar-refractivity contribution < 1.29 is 4.79 Å². The third-order valence-electron chi connectivity index (χ3n) is 4.09. The van der Waals surface area contributed by atoms with Gasteiger partial charge in [-0.25, -0.2) is 0 Å². The number of nitrogens with one attached hydrogen (secondary N) is 1. The van der Waals surface area contributed by atoms with Gasteiger partial charge in [0.25, 0.3) is 0 Å². The Balaban J connectivity index is 1.96. The predicted octanol–water partition coefficient (Wildman–Crippen LogP) is 1.56. The van der Waals surface area contributed by atoms with Crippen LogP contribution in [0.15, 0.2) is 24.3 Å². The van der Waals surface area contributed by atoms with Crippen LogP contribution in [0.2, 0.25) is 0 Å². The number of hydrogen-bond donors (Lipinski definition) is 2. The fourth-order valence-electron chi connectivity index (χ4n) is 2.96. The average Bonchev–Trinajstić information content (AvgIpc) is 2.47. The number of benzene rings is 1. The van der Waals surface area contributed by atoms with Crippen LogP contribution in [-0.2, 0) is 4.79 Å². The first-order valence-electron chi connectivity index (χ1n) is 7.38. The SMILES string of the molecule is CC1CCCN(CC(=O)Nc2cccc(C#N)c2)C1CN. The molecule has 0 aliphatic carbocycles. The van der Waals surface area contributed by atoms with Gasteiger partial charge in [0.2, 0.25) is 5.91 Å². The Morgan fingerprint density at radius 2 is 2.38 bits per heavy atom. The van der Waals surface area contributed by atoms with Gasteiger partial charge in [0, 0.05) is 18.3 Å². The van der Waals surface area contributed by atoms with Gasteiger partial charge in [-0.15, -0.1) is 0 Å². The average molecular weight is 286 g/mol. The van der Waals surface area contributed by atoms with Crippen molar-refractivity contribution in [3.63, 3.8) is 0 Å². The van der Waals surface area contributed by atoms with Crippen molar-refractivity contribution in [1.29, 1.82) is 5.26 Å². The smallest absolute Gasteiger partial charge is 0.238 e. The lowest BCUT2D eigenvalue weighted by atomic mass is 9.91. The topological polar surface area (TPSA) is 82.2 Å². The van der Waals surface area contributed by atoms with Gasteiger partial charge in [0.15, 0.2) is 0 Å². The number of hydrogen-bond acceptors (Lipinski definition) is 4. The molecule has 112 valence electrons. The van der Waals surface area contributed by atoms with Crippen molar-refractivity contribution in [2.24, 2.45) is 11.7 Å². The lowest BCUT2D eigenvalue weighted by Crippen LogP contribution is -2.51. The second kappa shape index (κ2) is 7.21. The van der Waals surface area contributed by atoms with E-state index in [0.717, 1.165) is 13.0 Å². The minimum absolute atomic E-state index is 0.0577. The molecule has 1 aromatic carbocycles. The van der Waals surface area contributed by atoms with Crippen molar-refractivity contribution in [2.45, 2.75) is 25.8 Å². The molecule has 5 nitrogen and oxygen atoms in total. The van der Waals surface area contributed by atoms with Crippen molar-refractivity contribution in [3.05, 3.63) is 29.8 Å². The van der Waals surface area contributed by atoms with E-state index < -0.39 is 0 Å². The van der Waals surface area contributed by atoms with Crippen LogP contribution in [0.4, 0.5) is 5.69 Å². The summed E-state index contributed by atoms with van der Waals surface area (Å²) in [5, 5.41) is 11.7. The molecule has 0 aromatic heterocycles. The molecule has 0 saturated carbocycles. The number of amides is 1. The first-order chi connectivity index (χ1) is 10.1. The van der Waals surface area contributed by atoms with E-state index in [9.17, 15) is 4.79 Å². The second-order valence-electron chi connectivity index (χ2n) is 5.63. The summed E-state index contributed by atoms with van der Waals surface area (Å²) in [5.74, 6) is 0.469. The van der Waals surface area contributed by atoms with Crippen LogP contribution in [-0.4, -0.2) is 36.5 Å². The van der Waals surface area contributed by atoms with Gasteiger partial charge in [0.1, 0.15) is 0 Å². The van der Waals surface area contributed by atoms with Gasteiger partial charge in [-0.1, -0.05) is 13.0 Å². The molecule has 2 rings (SSSR count). The van der Waals surface area contributed by atoms with E-state index >= 15 is 0 Å². The summed E-state index contributed by atoms with van der Waals surface area (Å²) in [7, 11) is 0. The zero-order valence-corrected chi connectivity index (χ0v) is 12.4. The van der Waals surface area contributed by atoms with E-state index in [1.165, 1.54) is 6.42 Å². The molecule has 1 heterocycles. The largest absolute Gasteiger partial charge is 0.329 e. The number of likely N-dealkylation sites (tertiary alicyclic amines) is 1. The van der Waals surface area contributed by atoms with E-state index in [4.69, 9.17) is 11.0 Å². The molecule has 3 N–H and O–H groups in total. The molecule has 2 unspecified atom stereocenters. The van der Waals surface area contributed by atoms with Crippen LogP contribution in [0.3, 0.4) is 0 Å². The fourth-order valence-corrected chi connectivity index (χ4v) is 2.96. The van der Waals surface area contributed by atoms with E-state index in [2.05, 4.69) is 23.2 Å². The van der Waals surface area contributed by atoms with Gasteiger partial charge in [-0.05, 0) is 43.5 Å². The fraction of sp³-hybridized carbons (Fsp3) is 0.500. The summed E-state index contributed by atoms with van der Waals surface area (Å²) in [4.78, 5) is 14.3. The van der Waals surface area contributed by atoms with Crippen LogP contribution in [0.25, 0.3) is 0 Å². The second-order valence-corrected chi connectivity index (χ2v) is 5.63. The van der Waals surface area contributed by atoms with Gasteiger partial charge in [0.05, 0.1) is 18.2 Å². The van der Waals surface area contributed by atoms with E-state index in [-0.39, 0.29) is 11.9 Å². The third kappa shape index (κ3) is 4.03. The summed E-state index contributed by atoms with van der Waals surface area (Å²) in [6.45, 7) is 4.04. The Hall–Kier alpha value is -1.90. The zero-order chi connectivity index (χ0) is 15.2. The quantitative estimate of drug-likeness (QED) is 0.880. The van der Waals surface area contributed by atoms with Crippen molar-refractivity contribution >= 4 is 11.6 Å². The van der Waals surface area contributed by atoms with E-state index in [0.29, 0.717) is 30.3 Å². The molecule has 0 radical (unpaired) electrons. The molecular formula is C16H22N4O. The summed E-state index contributed by atoms with van der Waals surface area (Å²) < 4.78 is 0. The molecule has 0 bridgehead atoms. The van der Waals surface area contributed by atoms with Crippen molar-refractivity contribution in [1.82, 2.24) is 4.90 Å². The van der Waals surface area contributed by atoms with Crippen LogP contribution in [0.1, 0.15) is 25.3 Å². The third-order valence-corrected chi connectivity index (χ3v) is 4.09. The number of nitriles is 1. The minimum Gasteiger partial charge on any atom is -0.329 e. The number of carbonyl (C=O) groups is 1. The lowest BCUT2D eigenvalue weighted by molar-refractivity contribution is -0.118. The highest BCUT2D eigenvalue weighted by atomic mass is 16.2. The molecule has 2 atom stereocenters. The summed E-state index contributed by atoms with van der Waals surface area (Å²) in [5.41, 5.74) is 7.04. The maximum absolute atomic E-state index is 12.2. The van der Waals surface area contributed by atoms with Crippen LogP contribution >= 0.6 is 0 Å². The summed E-state index contributed by atoms with van der Waals surface area (Å²) in [6.07, 6.45) is 2.28. The van der Waals surface area contributed by atoms with Crippen molar-refractivity contribution in [2.75, 3.05) is 25.0 Å². The zero-order valence-electron chi connectivity index (χ0n) is 12.4.